The Labute approximate surface area is 104 Å². The Morgan fingerprint density at radius 2 is 1.85 bits per heavy atom. The van der Waals surface area contributed by atoms with Crippen molar-refractivity contribution >= 4 is 43.9 Å². The fourth-order valence-corrected chi connectivity index (χ4v) is 5.15. The lowest BCUT2D eigenvalue weighted by Gasteiger charge is -2.14. The third-order valence-electron chi connectivity index (χ3n) is 2.08. The fraction of sp³-hybridized carbons (Fsp3) is 1.00. The number of halogens is 1. The molecule has 0 amide bonds. The van der Waals surface area contributed by atoms with Crippen LogP contribution in [0.3, 0.4) is 0 Å². The minimum Gasteiger partial charge on any atom is -0.162 e. The highest BCUT2D eigenvalue weighted by Gasteiger charge is 2.07. The Balaban J connectivity index is 3.34. The van der Waals surface area contributed by atoms with Gasteiger partial charge in [0.2, 0.25) is 0 Å². The molecule has 0 aromatic heterocycles. The average molecular weight is 330 g/mol. The summed E-state index contributed by atoms with van der Waals surface area (Å²) in [6.45, 7) is 9.48. The van der Waals surface area contributed by atoms with Crippen LogP contribution in [0.5, 0.6) is 0 Å². The second kappa shape index (κ2) is 8.59. The van der Waals surface area contributed by atoms with Crippen molar-refractivity contribution in [2.45, 2.75) is 38.6 Å². The fourth-order valence-electron chi connectivity index (χ4n) is 1.02. The van der Waals surface area contributed by atoms with Gasteiger partial charge < -0.3 is 0 Å². The minimum absolute atomic E-state index is 0.198. The molecule has 0 nitrogen and oxygen atoms in total. The molecule has 0 fully saturated rings. The first-order valence-electron chi connectivity index (χ1n) is 5.23. The summed E-state index contributed by atoms with van der Waals surface area (Å²) < 4.78 is 1.31. The van der Waals surface area contributed by atoms with E-state index in [9.17, 15) is 0 Å². The summed E-state index contributed by atoms with van der Waals surface area (Å²) in [4.78, 5) is 0.993. The molecule has 0 radical (unpaired) electrons. The zero-order valence-electron chi connectivity index (χ0n) is 9.35. The van der Waals surface area contributed by atoms with Crippen LogP contribution in [-0.2, 0) is 0 Å². The lowest BCUT2D eigenvalue weighted by atomic mass is 10.3. The number of hydrogen-bond acceptors (Lipinski definition) is 1. The molecule has 2 unspecified atom stereocenters. The van der Waals surface area contributed by atoms with Crippen molar-refractivity contribution in [2.75, 3.05) is 10.2 Å². The summed E-state index contributed by atoms with van der Waals surface area (Å²) >= 11 is 4.70. The average Bonchev–Trinajstić information content (AvgIpc) is 2.10. The topological polar surface area (TPSA) is 0 Å². The molecule has 0 heterocycles. The number of hydrogen-bond donors (Lipinski definition) is 0. The van der Waals surface area contributed by atoms with Crippen molar-refractivity contribution in [3.63, 3.8) is 0 Å². The van der Waals surface area contributed by atoms with E-state index in [-0.39, 0.29) is 9.52 Å². The quantitative estimate of drug-likeness (QED) is 0.392. The summed E-state index contributed by atoms with van der Waals surface area (Å²) in [5.41, 5.74) is 0. The van der Waals surface area contributed by atoms with Crippen molar-refractivity contribution in [3.05, 3.63) is 0 Å². The molecule has 2 atom stereocenters. The van der Waals surface area contributed by atoms with Gasteiger partial charge in [0, 0.05) is 13.9 Å². The van der Waals surface area contributed by atoms with E-state index in [0.29, 0.717) is 0 Å². The van der Waals surface area contributed by atoms with Crippen molar-refractivity contribution < 1.29 is 0 Å². The highest BCUT2D eigenvalue weighted by atomic mass is 127. The third-order valence-corrected chi connectivity index (χ3v) is 8.63. The second-order valence-electron chi connectivity index (χ2n) is 4.37. The molecule has 80 valence electrons. The van der Waals surface area contributed by atoms with Crippen LogP contribution in [0.15, 0.2) is 0 Å². The predicted octanol–water partition coefficient (Wildman–Crippen LogP) is 3.38. The van der Waals surface area contributed by atoms with Crippen molar-refractivity contribution in [1.29, 1.82) is 0 Å². The number of rotatable bonds is 7. The van der Waals surface area contributed by atoms with Crippen LogP contribution >= 0.6 is 34.4 Å². The number of alkyl halides is 1. The second-order valence-corrected chi connectivity index (χ2v) is 9.70. The van der Waals surface area contributed by atoms with E-state index in [4.69, 9.17) is 0 Å². The summed E-state index contributed by atoms with van der Waals surface area (Å²) in [5.74, 6) is 3.20. The van der Waals surface area contributed by atoms with Crippen LogP contribution in [0.2, 0.25) is 6.04 Å². The van der Waals surface area contributed by atoms with E-state index < -0.39 is 0 Å². The molecule has 0 aromatic rings. The Morgan fingerprint density at radius 1 is 1.23 bits per heavy atom. The van der Waals surface area contributed by atoms with Crippen LogP contribution in [0, 0.1) is 11.8 Å². The van der Waals surface area contributed by atoms with Gasteiger partial charge in [0.1, 0.15) is 0 Å². The van der Waals surface area contributed by atoms with Gasteiger partial charge in [-0.15, -0.1) is 0 Å². The Morgan fingerprint density at radius 3 is 2.31 bits per heavy atom. The Hall–Kier alpha value is 1.30. The van der Waals surface area contributed by atoms with E-state index in [1.165, 1.54) is 16.2 Å². The molecule has 0 aliphatic heterocycles. The molecule has 0 aliphatic rings. The zero-order chi connectivity index (χ0) is 10.3. The maximum Gasteiger partial charge on any atom is 0.0355 e. The first-order valence-corrected chi connectivity index (χ1v) is 9.62. The van der Waals surface area contributed by atoms with E-state index in [2.05, 4.69) is 62.0 Å². The van der Waals surface area contributed by atoms with Crippen LogP contribution in [0.4, 0.5) is 0 Å². The monoisotopic (exact) mass is 330 g/mol. The molecule has 0 aromatic carbocycles. The van der Waals surface area contributed by atoms with Gasteiger partial charge in [0.15, 0.2) is 0 Å². The highest BCUT2D eigenvalue weighted by molar-refractivity contribution is 14.1. The van der Waals surface area contributed by atoms with E-state index >= 15 is 0 Å². The van der Waals surface area contributed by atoms with Crippen molar-refractivity contribution in [3.8, 4) is 0 Å². The van der Waals surface area contributed by atoms with Gasteiger partial charge >= 0.3 is 0 Å². The van der Waals surface area contributed by atoms with Crippen LogP contribution in [0.25, 0.3) is 0 Å². The summed E-state index contributed by atoms with van der Waals surface area (Å²) in [6.07, 6.45) is 0. The van der Waals surface area contributed by atoms with Gasteiger partial charge in [-0.25, -0.2) is 0 Å². The Bertz CT molecular complexity index is 119. The van der Waals surface area contributed by atoms with E-state index in [1.807, 2.05) is 0 Å². The molecule has 0 rings (SSSR count). The first kappa shape index (κ1) is 14.3. The number of thioether (sulfide) groups is 1. The van der Waals surface area contributed by atoms with Crippen LogP contribution in [0.1, 0.15) is 27.7 Å². The van der Waals surface area contributed by atoms with Crippen molar-refractivity contribution in [2.24, 2.45) is 11.8 Å². The maximum atomic E-state index is 2.49. The van der Waals surface area contributed by atoms with Gasteiger partial charge in [0.25, 0.3) is 0 Å². The summed E-state index contributed by atoms with van der Waals surface area (Å²) in [7, 11) is 0.198. The zero-order valence-corrected chi connectivity index (χ0v) is 13.7. The van der Waals surface area contributed by atoms with E-state index in [0.717, 1.165) is 16.7 Å². The predicted molar refractivity (Wildman–Crippen MR) is 78.2 cm³/mol. The molecular weight excluding hydrogens is 307 g/mol. The first-order chi connectivity index (χ1) is 6.06. The molecule has 13 heavy (non-hydrogen) atoms. The van der Waals surface area contributed by atoms with Gasteiger partial charge in [-0.2, -0.15) is 11.8 Å². The lowest BCUT2D eigenvalue weighted by molar-refractivity contribution is 0.729. The largest absolute Gasteiger partial charge is 0.162 e. The maximum absolute atomic E-state index is 2.49. The van der Waals surface area contributed by atoms with Gasteiger partial charge in [-0.05, 0) is 22.5 Å². The van der Waals surface area contributed by atoms with Crippen LogP contribution in [-0.4, -0.2) is 24.6 Å². The van der Waals surface area contributed by atoms with Gasteiger partial charge in [-0.1, -0.05) is 56.3 Å². The van der Waals surface area contributed by atoms with Crippen molar-refractivity contribution in [1.82, 2.24) is 0 Å². The molecule has 0 aliphatic carbocycles. The summed E-state index contributed by atoms with van der Waals surface area (Å²) in [5, 5.41) is 0. The molecule has 0 saturated carbocycles. The molecular formula is C10H23ISSi. The Kier molecular flexibility index (Phi) is 9.45. The molecule has 0 N–H and O–H groups in total. The normalized spacial score (nSPS) is 17.1. The lowest BCUT2D eigenvalue weighted by Crippen LogP contribution is -2.13. The van der Waals surface area contributed by atoms with Gasteiger partial charge in [-0.3, -0.25) is 0 Å². The molecule has 0 saturated heterocycles. The molecule has 0 spiro atoms. The minimum atomic E-state index is 0.198. The van der Waals surface area contributed by atoms with Crippen LogP contribution < -0.4 is 0 Å². The SMILES string of the molecule is CC(C)C[SiH2]C(C)SCC(C)CI. The third kappa shape index (κ3) is 9.60. The molecule has 0 bridgehead atoms. The smallest absolute Gasteiger partial charge is 0.0355 e. The molecule has 3 heteroatoms. The van der Waals surface area contributed by atoms with Gasteiger partial charge in [0.05, 0.1) is 0 Å². The standard InChI is InChI=1S/C10H23ISSi/c1-8(2)7-13-10(4)12-6-9(3)5-11/h8-10H,5-7,13H2,1-4H3. The summed E-state index contributed by atoms with van der Waals surface area (Å²) in [6, 6.07) is 1.52. The van der Waals surface area contributed by atoms with E-state index in [1.54, 1.807) is 0 Å². The highest BCUT2D eigenvalue weighted by Crippen LogP contribution is 2.17.